The van der Waals surface area contributed by atoms with Crippen LogP contribution in [0.4, 0.5) is 4.79 Å². The van der Waals surface area contributed by atoms with E-state index in [1.54, 1.807) is 0 Å². The number of piperidine rings is 1. The van der Waals surface area contributed by atoms with E-state index in [2.05, 4.69) is 15.0 Å². The van der Waals surface area contributed by atoms with Gasteiger partial charge in [0.2, 0.25) is 0 Å². The number of oxime groups is 1. The fraction of sp³-hybridized carbons (Fsp3) is 0.517. The Bertz CT molecular complexity index is 1120. The van der Waals surface area contributed by atoms with Gasteiger partial charge in [0.25, 0.3) is 5.91 Å². The van der Waals surface area contributed by atoms with Crippen LogP contribution in [0, 0.1) is 5.92 Å². The zero-order valence-corrected chi connectivity index (χ0v) is 23.1. The van der Waals surface area contributed by atoms with Gasteiger partial charge in [-0.25, -0.2) is 4.79 Å². The first-order chi connectivity index (χ1) is 19.1. The Morgan fingerprint density at radius 1 is 0.846 bits per heavy atom. The van der Waals surface area contributed by atoms with Crippen LogP contribution in [0.3, 0.4) is 0 Å². The molecular weight excluding hydrogens is 516 g/mol. The monoisotopic (exact) mass is 552 g/mol. The number of nitrogens with zero attached hydrogens (tertiary/aromatic N) is 6. The highest BCUT2D eigenvalue weighted by Crippen LogP contribution is 2.25. The predicted octanol–water partition coefficient (Wildman–Crippen LogP) is 3.73. The number of hydrogen-bond acceptors (Lipinski definition) is 6. The van der Waals surface area contributed by atoms with E-state index < -0.39 is 0 Å². The Morgan fingerprint density at radius 3 is 2.15 bits per heavy atom. The second-order valence-corrected chi connectivity index (χ2v) is 10.9. The average molecular weight is 553 g/mol. The zero-order valence-electron chi connectivity index (χ0n) is 22.4. The van der Waals surface area contributed by atoms with Gasteiger partial charge in [-0.1, -0.05) is 28.9 Å². The Kier molecular flexibility index (Phi) is 9.32. The highest BCUT2D eigenvalue weighted by Gasteiger charge is 2.31. The van der Waals surface area contributed by atoms with Crippen LogP contribution in [0.5, 0.6) is 0 Å². The molecule has 3 aliphatic rings. The third-order valence-electron chi connectivity index (χ3n) is 7.90. The summed E-state index contributed by atoms with van der Waals surface area (Å²) in [5.74, 6) is 0.113. The van der Waals surface area contributed by atoms with Crippen molar-refractivity contribution in [2.75, 3.05) is 59.0 Å². The molecule has 3 amide bonds. The summed E-state index contributed by atoms with van der Waals surface area (Å²) in [6.45, 7) is 6.96. The zero-order chi connectivity index (χ0) is 27.0. The number of urea groups is 1. The van der Waals surface area contributed by atoms with Crippen molar-refractivity contribution in [1.29, 1.82) is 0 Å². The van der Waals surface area contributed by atoms with E-state index in [1.807, 2.05) is 63.5 Å². The van der Waals surface area contributed by atoms with Crippen molar-refractivity contribution in [3.63, 3.8) is 0 Å². The van der Waals surface area contributed by atoms with E-state index >= 15 is 0 Å². The summed E-state index contributed by atoms with van der Waals surface area (Å²) in [6.07, 6.45) is 7.31. The minimum absolute atomic E-state index is 0.0204. The lowest BCUT2D eigenvalue weighted by atomic mass is 9.88. The standard InChI is InChI=1S/C29H37ClN6O3/c30-26-5-3-24(4-6-26)28(32-39-22-27(37)34-13-1-2-14-34)25-9-15-35(16-10-25)29(38)36-19-17-33(18-20-36)21-23-7-11-31-12-8-23/h3-8,11-12,25H,1-2,9-10,13-22H2. The number of pyridine rings is 1. The first-order valence-corrected chi connectivity index (χ1v) is 14.3. The Hall–Kier alpha value is -3.17. The topological polar surface area (TPSA) is 81.6 Å². The van der Waals surface area contributed by atoms with Crippen LogP contribution < -0.4 is 0 Å². The molecule has 1 aromatic carbocycles. The molecule has 0 saturated carbocycles. The Morgan fingerprint density at radius 2 is 1.49 bits per heavy atom. The minimum atomic E-state index is -0.0540. The molecule has 3 fully saturated rings. The Balaban J connectivity index is 1.14. The summed E-state index contributed by atoms with van der Waals surface area (Å²) in [5, 5.41) is 5.12. The summed E-state index contributed by atoms with van der Waals surface area (Å²) in [7, 11) is 0. The van der Waals surface area contributed by atoms with Crippen molar-refractivity contribution in [3.05, 3.63) is 64.9 Å². The normalized spacial score (nSPS) is 19.4. The van der Waals surface area contributed by atoms with E-state index in [0.29, 0.717) is 18.1 Å². The van der Waals surface area contributed by atoms with Crippen molar-refractivity contribution < 1.29 is 14.4 Å². The van der Waals surface area contributed by atoms with Crippen LogP contribution >= 0.6 is 11.6 Å². The van der Waals surface area contributed by atoms with E-state index in [9.17, 15) is 9.59 Å². The number of piperazine rings is 1. The number of benzene rings is 1. The lowest BCUT2D eigenvalue weighted by Crippen LogP contribution is -2.54. The maximum absolute atomic E-state index is 13.3. The number of aromatic nitrogens is 1. The van der Waals surface area contributed by atoms with Gasteiger partial charge in [-0.15, -0.1) is 0 Å². The molecule has 1 aromatic heterocycles. The molecular formula is C29H37ClN6O3. The fourth-order valence-corrected chi connectivity index (χ4v) is 5.71. The third-order valence-corrected chi connectivity index (χ3v) is 8.15. The van der Waals surface area contributed by atoms with Crippen LogP contribution in [0.1, 0.15) is 36.8 Å². The molecule has 0 unspecified atom stereocenters. The molecule has 0 bridgehead atoms. The van der Waals surface area contributed by atoms with E-state index in [4.69, 9.17) is 16.4 Å². The highest BCUT2D eigenvalue weighted by atomic mass is 35.5. The predicted molar refractivity (Wildman–Crippen MR) is 151 cm³/mol. The molecule has 0 N–H and O–H groups in total. The maximum Gasteiger partial charge on any atom is 0.320 e. The van der Waals surface area contributed by atoms with Gasteiger partial charge in [0.05, 0.1) is 5.71 Å². The summed E-state index contributed by atoms with van der Waals surface area (Å²) in [6, 6.07) is 11.8. The fourth-order valence-electron chi connectivity index (χ4n) is 5.59. The van der Waals surface area contributed by atoms with Gasteiger partial charge in [0.15, 0.2) is 6.61 Å². The first-order valence-electron chi connectivity index (χ1n) is 14.0. The summed E-state index contributed by atoms with van der Waals surface area (Å²) >= 11 is 6.12. The van der Waals surface area contributed by atoms with E-state index in [-0.39, 0.29) is 24.5 Å². The third kappa shape index (κ3) is 7.28. The van der Waals surface area contributed by atoms with Crippen LogP contribution in [0.2, 0.25) is 5.02 Å². The smallest absolute Gasteiger partial charge is 0.320 e. The molecule has 10 heteroatoms. The quantitative estimate of drug-likeness (QED) is 0.386. The van der Waals surface area contributed by atoms with Crippen LogP contribution in [0.25, 0.3) is 0 Å². The number of likely N-dealkylation sites (tertiary alicyclic amines) is 2. The number of halogens is 1. The van der Waals surface area contributed by atoms with Crippen molar-refractivity contribution in [3.8, 4) is 0 Å². The Labute approximate surface area is 235 Å². The van der Waals surface area contributed by atoms with E-state index in [1.165, 1.54) is 5.56 Å². The van der Waals surface area contributed by atoms with Gasteiger partial charge >= 0.3 is 6.03 Å². The molecule has 9 nitrogen and oxygen atoms in total. The van der Waals surface area contributed by atoms with Crippen molar-refractivity contribution in [1.82, 2.24) is 24.6 Å². The minimum Gasteiger partial charge on any atom is -0.385 e. The molecule has 208 valence electrons. The van der Waals surface area contributed by atoms with Gasteiger partial charge in [-0.3, -0.25) is 14.7 Å². The molecule has 4 heterocycles. The number of rotatable bonds is 7. The summed E-state index contributed by atoms with van der Waals surface area (Å²) < 4.78 is 0. The van der Waals surface area contributed by atoms with Crippen molar-refractivity contribution >= 4 is 29.3 Å². The SMILES string of the molecule is O=C(CON=C(c1ccc(Cl)cc1)C1CCN(C(=O)N2CCN(Cc3ccncc3)CC2)CC1)N1CCCC1. The largest absolute Gasteiger partial charge is 0.385 e. The van der Waals surface area contributed by atoms with Gasteiger partial charge in [-0.05, 0) is 61.1 Å². The molecule has 39 heavy (non-hydrogen) atoms. The second kappa shape index (κ2) is 13.3. The molecule has 3 aliphatic heterocycles. The molecule has 2 aromatic rings. The molecule has 3 saturated heterocycles. The van der Waals surface area contributed by atoms with Crippen molar-refractivity contribution in [2.45, 2.75) is 32.2 Å². The van der Waals surface area contributed by atoms with Crippen LogP contribution in [-0.4, -0.2) is 101 Å². The molecule has 5 rings (SSSR count). The molecule has 0 atom stereocenters. The number of amides is 3. The summed E-state index contributed by atoms with van der Waals surface area (Å²) in [5.41, 5.74) is 3.00. The lowest BCUT2D eigenvalue weighted by Gasteiger charge is -2.40. The maximum atomic E-state index is 13.3. The van der Waals surface area contributed by atoms with Gasteiger partial charge < -0.3 is 19.5 Å². The number of hydrogen-bond donors (Lipinski definition) is 0. The average Bonchev–Trinajstić information content (AvgIpc) is 3.52. The summed E-state index contributed by atoms with van der Waals surface area (Å²) in [4.78, 5) is 43.6. The first kappa shape index (κ1) is 27.4. The lowest BCUT2D eigenvalue weighted by molar-refractivity contribution is -0.135. The second-order valence-electron chi connectivity index (χ2n) is 10.5. The highest BCUT2D eigenvalue weighted by molar-refractivity contribution is 6.30. The van der Waals surface area contributed by atoms with Crippen LogP contribution in [0.15, 0.2) is 53.9 Å². The van der Waals surface area contributed by atoms with Crippen LogP contribution in [-0.2, 0) is 16.2 Å². The van der Waals surface area contributed by atoms with E-state index in [0.717, 1.165) is 82.8 Å². The molecule has 0 aliphatic carbocycles. The van der Waals surface area contributed by atoms with Crippen molar-refractivity contribution in [2.24, 2.45) is 11.1 Å². The molecule has 0 spiro atoms. The number of carbonyl (C=O) groups excluding carboxylic acids is 2. The molecule has 0 radical (unpaired) electrons. The van der Waals surface area contributed by atoms with Gasteiger partial charge in [0.1, 0.15) is 0 Å². The van der Waals surface area contributed by atoms with Gasteiger partial charge in [-0.2, -0.15) is 0 Å². The van der Waals surface area contributed by atoms with Gasteiger partial charge in [0, 0.05) is 82.2 Å². The number of carbonyl (C=O) groups is 2.